The van der Waals surface area contributed by atoms with Gasteiger partial charge < -0.3 is 24.4 Å². The molecule has 0 saturated carbocycles. The van der Waals surface area contributed by atoms with E-state index in [0.717, 1.165) is 6.42 Å². The quantitative estimate of drug-likeness (QED) is 0.686. The molecule has 2 aromatic rings. The highest BCUT2D eigenvalue weighted by Gasteiger charge is 2.35. The third kappa shape index (κ3) is 5.03. The first kappa shape index (κ1) is 20.6. The lowest BCUT2D eigenvalue weighted by atomic mass is 10.1. The molecule has 8 heteroatoms. The average molecular weight is 399 g/mol. The van der Waals surface area contributed by atoms with Crippen LogP contribution in [0.1, 0.15) is 23.2 Å². The number of nitrogens with zero attached hydrogens (tertiary/aromatic N) is 2. The monoisotopic (exact) mass is 399 g/mol. The summed E-state index contributed by atoms with van der Waals surface area (Å²) in [6.07, 6.45) is 2.93. The van der Waals surface area contributed by atoms with Gasteiger partial charge in [0.15, 0.2) is 0 Å². The molecule has 1 saturated heterocycles. The number of nitrogens with one attached hydrogen (secondary N) is 1. The molecule has 0 radical (unpaired) electrons. The van der Waals surface area contributed by atoms with E-state index in [1.54, 1.807) is 61.7 Å². The van der Waals surface area contributed by atoms with Crippen molar-refractivity contribution in [3.8, 4) is 11.6 Å². The van der Waals surface area contributed by atoms with Gasteiger partial charge >= 0.3 is 0 Å². The Kier molecular flexibility index (Phi) is 7.02. The van der Waals surface area contributed by atoms with Crippen LogP contribution < -0.4 is 14.8 Å². The maximum absolute atomic E-state index is 13.1. The summed E-state index contributed by atoms with van der Waals surface area (Å²) in [5.41, 5.74) is 0.993. The van der Waals surface area contributed by atoms with Gasteiger partial charge in [0.25, 0.3) is 5.91 Å². The summed E-state index contributed by atoms with van der Waals surface area (Å²) in [5.74, 6) is 0.471. The van der Waals surface area contributed by atoms with Crippen LogP contribution in [-0.2, 0) is 9.53 Å². The maximum atomic E-state index is 13.1. The van der Waals surface area contributed by atoms with Crippen molar-refractivity contribution in [1.29, 1.82) is 0 Å². The molecular weight excluding hydrogens is 374 g/mol. The first-order chi connectivity index (χ1) is 14.1. The summed E-state index contributed by atoms with van der Waals surface area (Å²) in [5, 5.41) is 2.88. The van der Waals surface area contributed by atoms with Crippen LogP contribution in [0.25, 0.3) is 0 Å². The molecule has 1 aromatic heterocycles. The smallest absolute Gasteiger partial charge is 0.260 e. The second-order valence-electron chi connectivity index (χ2n) is 6.57. The Morgan fingerprint density at radius 2 is 1.97 bits per heavy atom. The minimum Gasteiger partial charge on any atom is -0.497 e. The summed E-state index contributed by atoms with van der Waals surface area (Å²) in [7, 11) is 3.16. The van der Waals surface area contributed by atoms with Gasteiger partial charge in [0.2, 0.25) is 11.8 Å². The zero-order valence-corrected chi connectivity index (χ0v) is 16.6. The molecular formula is C21H25N3O5. The molecule has 154 valence electrons. The van der Waals surface area contributed by atoms with E-state index >= 15 is 0 Å². The molecule has 1 aliphatic rings. The summed E-state index contributed by atoms with van der Waals surface area (Å²) in [6, 6.07) is 9.87. The molecule has 29 heavy (non-hydrogen) atoms. The van der Waals surface area contributed by atoms with Gasteiger partial charge in [-0.3, -0.25) is 9.59 Å². The number of hydrogen-bond donors (Lipinski definition) is 1. The van der Waals surface area contributed by atoms with Gasteiger partial charge in [-0.1, -0.05) is 0 Å². The Morgan fingerprint density at radius 1 is 1.17 bits per heavy atom. The van der Waals surface area contributed by atoms with Gasteiger partial charge in [0, 0.05) is 25.5 Å². The molecule has 3 rings (SSSR count). The molecule has 8 nitrogen and oxygen atoms in total. The van der Waals surface area contributed by atoms with Gasteiger partial charge in [0.05, 0.1) is 13.7 Å². The molecule has 0 aliphatic carbocycles. The summed E-state index contributed by atoms with van der Waals surface area (Å²) < 4.78 is 15.7. The number of likely N-dealkylation sites (tertiary alicyclic amines) is 1. The Bertz CT molecular complexity index is 840. The zero-order chi connectivity index (χ0) is 20.6. The van der Waals surface area contributed by atoms with Gasteiger partial charge in [-0.25, -0.2) is 4.98 Å². The molecule has 1 unspecified atom stereocenters. The SMILES string of the molecule is COCCOc1ncccc1C(=O)N1CCCC1C(=O)Nc1ccc(OC)cc1. The molecule has 0 spiro atoms. The van der Waals surface area contributed by atoms with Crippen LogP contribution in [0.4, 0.5) is 5.69 Å². The number of pyridine rings is 1. The highest BCUT2D eigenvalue weighted by Crippen LogP contribution is 2.25. The van der Waals surface area contributed by atoms with Crippen LogP contribution in [0, 0.1) is 0 Å². The number of rotatable bonds is 8. The maximum Gasteiger partial charge on any atom is 0.260 e. The number of amides is 2. The van der Waals surface area contributed by atoms with Crippen LogP contribution in [0.3, 0.4) is 0 Å². The van der Waals surface area contributed by atoms with Gasteiger partial charge in [-0.05, 0) is 49.2 Å². The lowest BCUT2D eigenvalue weighted by Crippen LogP contribution is -2.43. The van der Waals surface area contributed by atoms with Crippen LogP contribution in [-0.4, -0.2) is 61.7 Å². The van der Waals surface area contributed by atoms with Crippen molar-refractivity contribution in [3.05, 3.63) is 48.2 Å². The Labute approximate surface area is 169 Å². The van der Waals surface area contributed by atoms with Gasteiger partial charge in [-0.15, -0.1) is 0 Å². The van der Waals surface area contributed by atoms with Crippen molar-refractivity contribution in [2.45, 2.75) is 18.9 Å². The van der Waals surface area contributed by atoms with E-state index in [9.17, 15) is 9.59 Å². The summed E-state index contributed by atoms with van der Waals surface area (Å²) in [4.78, 5) is 31.7. The largest absolute Gasteiger partial charge is 0.497 e. The van der Waals surface area contributed by atoms with E-state index in [4.69, 9.17) is 14.2 Å². The van der Waals surface area contributed by atoms with E-state index in [1.165, 1.54) is 0 Å². The van der Waals surface area contributed by atoms with Crippen LogP contribution >= 0.6 is 0 Å². The van der Waals surface area contributed by atoms with Gasteiger partial charge in [-0.2, -0.15) is 0 Å². The summed E-state index contributed by atoms with van der Waals surface area (Å²) in [6.45, 7) is 1.18. The van der Waals surface area contributed by atoms with E-state index in [2.05, 4.69) is 10.3 Å². The number of carbonyl (C=O) groups excluding carboxylic acids is 2. The van der Waals surface area contributed by atoms with Crippen molar-refractivity contribution >= 4 is 17.5 Å². The molecule has 2 heterocycles. The predicted molar refractivity (Wildman–Crippen MR) is 107 cm³/mol. The number of ether oxygens (including phenoxy) is 3. The molecule has 2 amide bonds. The fraction of sp³-hybridized carbons (Fsp3) is 0.381. The highest BCUT2D eigenvalue weighted by molar-refractivity contribution is 6.02. The summed E-state index contributed by atoms with van der Waals surface area (Å²) >= 11 is 0. The van der Waals surface area contributed by atoms with Crippen molar-refractivity contribution in [2.24, 2.45) is 0 Å². The number of hydrogen-bond acceptors (Lipinski definition) is 6. The molecule has 0 bridgehead atoms. The lowest BCUT2D eigenvalue weighted by Gasteiger charge is -2.24. The predicted octanol–water partition coefficient (Wildman–Crippen LogP) is 2.36. The van der Waals surface area contributed by atoms with Crippen LogP contribution in [0.15, 0.2) is 42.6 Å². The third-order valence-electron chi connectivity index (χ3n) is 4.70. The minimum absolute atomic E-state index is 0.216. The second-order valence-corrected chi connectivity index (χ2v) is 6.57. The molecule has 1 fully saturated rings. The fourth-order valence-corrected chi connectivity index (χ4v) is 3.23. The molecule has 1 N–H and O–H groups in total. The fourth-order valence-electron chi connectivity index (χ4n) is 3.23. The minimum atomic E-state index is -0.545. The van der Waals surface area contributed by atoms with Gasteiger partial charge in [0.1, 0.15) is 24.0 Å². The number of carbonyl (C=O) groups is 2. The van der Waals surface area contributed by atoms with Crippen molar-refractivity contribution in [1.82, 2.24) is 9.88 Å². The van der Waals surface area contributed by atoms with Crippen molar-refractivity contribution in [2.75, 3.05) is 39.3 Å². The first-order valence-corrected chi connectivity index (χ1v) is 9.46. The third-order valence-corrected chi connectivity index (χ3v) is 4.70. The number of anilines is 1. The molecule has 1 atom stereocenters. The normalized spacial score (nSPS) is 15.8. The first-order valence-electron chi connectivity index (χ1n) is 9.46. The van der Waals surface area contributed by atoms with Crippen LogP contribution in [0.5, 0.6) is 11.6 Å². The van der Waals surface area contributed by atoms with Crippen LogP contribution in [0.2, 0.25) is 0 Å². The number of benzene rings is 1. The number of methoxy groups -OCH3 is 2. The van der Waals surface area contributed by atoms with E-state index in [0.29, 0.717) is 36.6 Å². The standard InChI is InChI=1S/C21H25N3O5/c1-27-13-14-29-20-17(5-3-11-22-20)21(26)24-12-4-6-18(24)19(25)23-15-7-9-16(28-2)10-8-15/h3,5,7-11,18H,4,6,12-14H2,1-2H3,(H,23,25). The molecule has 1 aliphatic heterocycles. The van der Waals surface area contributed by atoms with E-state index in [1.807, 2.05) is 0 Å². The number of aromatic nitrogens is 1. The Morgan fingerprint density at radius 3 is 2.69 bits per heavy atom. The van der Waals surface area contributed by atoms with E-state index in [-0.39, 0.29) is 24.3 Å². The zero-order valence-electron chi connectivity index (χ0n) is 16.6. The Balaban J connectivity index is 1.71. The van der Waals surface area contributed by atoms with Crippen molar-refractivity contribution in [3.63, 3.8) is 0 Å². The Hall–Kier alpha value is -3.13. The van der Waals surface area contributed by atoms with E-state index < -0.39 is 6.04 Å². The second kappa shape index (κ2) is 9.88. The van der Waals surface area contributed by atoms with Crippen molar-refractivity contribution < 1.29 is 23.8 Å². The molecule has 1 aromatic carbocycles. The average Bonchev–Trinajstić information content (AvgIpc) is 3.24. The highest BCUT2D eigenvalue weighted by atomic mass is 16.5. The lowest BCUT2D eigenvalue weighted by molar-refractivity contribution is -0.119. The topological polar surface area (TPSA) is 90.0 Å².